The first-order valence-corrected chi connectivity index (χ1v) is 12.0. The van der Waals surface area contributed by atoms with E-state index in [-0.39, 0.29) is 18.4 Å². The Labute approximate surface area is 177 Å². The number of rotatable bonds is 15. The van der Waals surface area contributed by atoms with Gasteiger partial charge >= 0.3 is 0 Å². The Morgan fingerprint density at radius 1 is 0.931 bits per heavy atom. The molecule has 0 aromatic carbocycles. The highest BCUT2D eigenvalue weighted by molar-refractivity contribution is 5.07. The van der Waals surface area contributed by atoms with Gasteiger partial charge in [0.15, 0.2) is 0 Å². The van der Waals surface area contributed by atoms with E-state index in [0.717, 1.165) is 51.4 Å². The SMILES string of the molecule is CCCCCCC(O)(CC=C[C@@H]1[C@@H](CC=CCCCCO)[C@@H](O)C[C@H]1O)C1CC1. The van der Waals surface area contributed by atoms with Crippen LogP contribution in [0.2, 0.25) is 0 Å². The molecule has 0 heterocycles. The maximum Gasteiger partial charge on any atom is 0.0710 e. The molecule has 168 valence electrons. The summed E-state index contributed by atoms with van der Waals surface area (Å²) in [6, 6.07) is 0. The summed E-state index contributed by atoms with van der Waals surface area (Å²) in [7, 11) is 0. The molecule has 1 unspecified atom stereocenters. The fourth-order valence-electron chi connectivity index (χ4n) is 4.83. The van der Waals surface area contributed by atoms with Gasteiger partial charge in [0.1, 0.15) is 0 Å². The molecule has 2 aliphatic rings. The maximum atomic E-state index is 11.2. The first-order chi connectivity index (χ1) is 14.0. The molecule has 0 amide bonds. The highest BCUT2D eigenvalue weighted by atomic mass is 16.3. The van der Waals surface area contributed by atoms with E-state index in [1.807, 2.05) is 0 Å². The topological polar surface area (TPSA) is 80.9 Å². The molecule has 4 N–H and O–H groups in total. The minimum absolute atomic E-state index is 0.0360. The Kier molecular flexibility index (Phi) is 10.9. The van der Waals surface area contributed by atoms with Gasteiger partial charge in [-0.05, 0) is 63.2 Å². The van der Waals surface area contributed by atoms with Crippen molar-refractivity contribution < 1.29 is 20.4 Å². The van der Waals surface area contributed by atoms with Gasteiger partial charge in [0.25, 0.3) is 0 Å². The first-order valence-electron chi connectivity index (χ1n) is 12.0. The molecular formula is C25H44O4. The summed E-state index contributed by atoms with van der Waals surface area (Å²) in [5.74, 6) is 0.426. The summed E-state index contributed by atoms with van der Waals surface area (Å²) in [6.07, 6.45) is 19.8. The third-order valence-corrected chi connectivity index (χ3v) is 6.90. The second-order valence-corrected chi connectivity index (χ2v) is 9.36. The predicted molar refractivity (Wildman–Crippen MR) is 118 cm³/mol. The van der Waals surface area contributed by atoms with Gasteiger partial charge in [0.05, 0.1) is 17.8 Å². The van der Waals surface area contributed by atoms with E-state index >= 15 is 0 Å². The average Bonchev–Trinajstić information content (AvgIpc) is 3.51. The average molecular weight is 409 g/mol. The molecule has 2 fully saturated rings. The third-order valence-electron chi connectivity index (χ3n) is 6.90. The van der Waals surface area contributed by atoms with E-state index < -0.39 is 17.8 Å². The molecule has 5 atom stereocenters. The van der Waals surface area contributed by atoms with E-state index in [4.69, 9.17) is 5.11 Å². The number of aliphatic hydroxyl groups is 4. The highest BCUT2D eigenvalue weighted by Gasteiger charge is 2.43. The molecule has 0 bridgehead atoms. The molecule has 2 aliphatic carbocycles. The van der Waals surface area contributed by atoms with Crippen LogP contribution in [0, 0.1) is 17.8 Å². The lowest BCUT2D eigenvalue weighted by Crippen LogP contribution is -2.30. The van der Waals surface area contributed by atoms with Gasteiger partial charge < -0.3 is 20.4 Å². The summed E-state index contributed by atoms with van der Waals surface area (Å²) >= 11 is 0. The summed E-state index contributed by atoms with van der Waals surface area (Å²) in [4.78, 5) is 0. The smallest absolute Gasteiger partial charge is 0.0710 e. The van der Waals surface area contributed by atoms with Crippen molar-refractivity contribution in [2.24, 2.45) is 17.8 Å². The minimum Gasteiger partial charge on any atom is -0.396 e. The second kappa shape index (κ2) is 12.9. The lowest BCUT2D eigenvalue weighted by Gasteiger charge is -2.27. The van der Waals surface area contributed by atoms with Crippen LogP contribution < -0.4 is 0 Å². The standard InChI is InChI=1S/C25H44O4/c1-2-3-4-9-16-25(29,20-14-15-20)17-11-13-22-21(23(27)19-24(22)28)12-8-6-5-7-10-18-26/h6,8,11,13,20-24,26-29H,2-5,7,9-10,12,14-19H2,1H3/t21-,22-,23+,24-,25?/m1/s1. The third kappa shape index (κ3) is 8.16. The van der Waals surface area contributed by atoms with Crippen molar-refractivity contribution >= 4 is 0 Å². The Morgan fingerprint density at radius 3 is 2.41 bits per heavy atom. The zero-order valence-corrected chi connectivity index (χ0v) is 18.4. The lowest BCUT2D eigenvalue weighted by atomic mass is 9.85. The summed E-state index contributed by atoms with van der Waals surface area (Å²) in [6.45, 7) is 2.44. The van der Waals surface area contributed by atoms with Crippen LogP contribution in [0.15, 0.2) is 24.3 Å². The molecule has 29 heavy (non-hydrogen) atoms. The van der Waals surface area contributed by atoms with Crippen molar-refractivity contribution in [3.05, 3.63) is 24.3 Å². The Bertz CT molecular complexity index is 499. The van der Waals surface area contributed by atoms with Crippen molar-refractivity contribution in [2.75, 3.05) is 6.61 Å². The van der Waals surface area contributed by atoms with Crippen LogP contribution in [0.25, 0.3) is 0 Å². The van der Waals surface area contributed by atoms with E-state index in [1.165, 1.54) is 19.3 Å². The van der Waals surface area contributed by atoms with Crippen LogP contribution in [0.4, 0.5) is 0 Å². The fourth-order valence-corrected chi connectivity index (χ4v) is 4.83. The molecular weight excluding hydrogens is 364 g/mol. The van der Waals surface area contributed by atoms with Crippen LogP contribution in [-0.2, 0) is 0 Å². The van der Waals surface area contributed by atoms with Crippen LogP contribution in [0.1, 0.15) is 90.4 Å². The van der Waals surface area contributed by atoms with Gasteiger partial charge in [-0.25, -0.2) is 0 Å². The Balaban J connectivity index is 1.86. The van der Waals surface area contributed by atoms with Gasteiger partial charge in [-0.2, -0.15) is 0 Å². The molecule has 2 rings (SSSR count). The Hall–Kier alpha value is -0.680. The molecule has 0 aromatic heterocycles. The van der Waals surface area contributed by atoms with E-state index in [9.17, 15) is 15.3 Å². The predicted octanol–water partition coefficient (Wildman–Crippen LogP) is 4.51. The van der Waals surface area contributed by atoms with Crippen molar-refractivity contribution in [1.82, 2.24) is 0 Å². The number of aliphatic hydroxyl groups excluding tert-OH is 3. The maximum absolute atomic E-state index is 11.2. The van der Waals surface area contributed by atoms with Crippen molar-refractivity contribution in [1.29, 1.82) is 0 Å². The number of unbranched alkanes of at least 4 members (excludes halogenated alkanes) is 5. The van der Waals surface area contributed by atoms with Crippen molar-refractivity contribution in [3.8, 4) is 0 Å². The lowest BCUT2D eigenvalue weighted by molar-refractivity contribution is 0.00910. The van der Waals surface area contributed by atoms with Crippen LogP contribution in [0.3, 0.4) is 0 Å². The monoisotopic (exact) mass is 408 g/mol. The summed E-state index contributed by atoms with van der Waals surface area (Å²) in [5, 5.41) is 40.8. The molecule has 4 nitrogen and oxygen atoms in total. The van der Waals surface area contributed by atoms with Gasteiger partial charge in [0.2, 0.25) is 0 Å². The Morgan fingerprint density at radius 2 is 1.72 bits per heavy atom. The number of hydrogen-bond donors (Lipinski definition) is 4. The van der Waals surface area contributed by atoms with E-state index in [0.29, 0.717) is 18.8 Å². The molecule has 0 aromatic rings. The molecule has 2 saturated carbocycles. The zero-order valence-electron chi connectivity index (χ0n) is 18.4. The minimum atomic E-state index is -0.589. The fraction of sp³-hybridized carbons (Fsp3) is 0.840. The highest BCUT2D eigenvalue weighted by Crippen LogP contribution is 2.45. The molecule has 0 spiro atoms. The number of allylic oxidation sites excluding steroid dienone is 2. The quantitative estimate of drug-likeness (QED) is 0.237. The van der Waals surface area contributed by atoms with E-state index in [2.05, 4.69) is 31.2 Å². The summed E-state index contributed by atoms with van der Waals surface area (Å²) in [5.41, 5.74) is -0.589. The second-order valence-electron chi connectivity index (χ2n) is 9.36. The van der Waals surface area contributed by atoms with Gasteiger partial charge in [-0.3, -0.25) is 0 Å². The van der Waals surface area contributed by atoms with Gasteiger partial charge in [-0.15, -0.1) is 0 Å². The molecule has 0 radical (unpaired) electrons. The normalized spacial score (nSPS) is 29.8. The van der Waals surface area contributed by atoms with Crippen LogP contribution in [0.5, 0.6) is 0 Å². The van der Waals surface area contributed by atoms with Gasteiger partial charge in [0, 0.05) is 18.9 Å². The molecule has 0 saturated heterocycles. The summed E-state index contributed by atoms with van der Waals surface area (Å²) < 4.78 is 0. The molecule has 4 heteroatoms. The van der Waals surface area contributed by atoms with Crippen LogP contribution in [-0.4, -0.2) is 44.8 Å². The molecule has 0 aliphatic heterocycles. The van der Waals surface area contributed by atoms with Crippen LogP contribution >= 0.6 is 0 Å². The first kappa shape index (κ1) is 24.6. The van der Waals surface area contributed by atoms with Crippen molar-refractivity contribution in [3.63, 3.8) is 0 Å². The zero-order chi connectivity index (χ0) is 21.1. The largest absolute Gasteiger partial charge is 0.396 e. The van der Waals surface area contributed by atoms with E-state index in [1.54, 1.807) is 0 Å². The van der Waals surface area contributed by atoms with Crippen molar-refractivity contribution in [2.45, 2.75) is 108 Å². The van der Waals surface area contributed by atoms with Gasteiger partial charge in [-0.1, -0.05) is 56.9 Å². The number of hydrogen-bond acceptors (Lipinski definition) is 4.